The summed E-state index contributed by atoms with van der Waals surface area (Å²) < 4.78 is 0. The van der Waals surface area contributed by atoms with Gasteiger partial charge in [0.05, 0.1) is 0 Å². The van der Waals surface area contributed by atoms with Crippen molar-refractivity contribution >= 4 is 0 Å². The van der Waals surface area contributed by atoms with Crippen LogP contribution in [0.2, 0.25) is 0 Å². The summed E-state index contributed by atoms with van der Waals surface area (Å²) in [5.74, 6) is 4.83. The molecule has 0 amide bonds. The average molecular weight is 182 g/mol. The van der Waals surface area contributed by atoms with E-state index >= 15 is 0 Å². The molecule has 1 aliphatic carbocycles. The van der Waals surface area contributed by atoms with E-state index in [9.17, 15) is 0 Å². The van der Waals surface area contributed by atoms with Gasteiger partial charge in [0.2, 0.25) is 0 Å². The highest BCUT2D eigenvalue weighted by molar-refractivity contribution is 4.84. The van der Waals surface area contributed by atoms with Gasteiger partial charge in [-0.3, -0.25) is 0 Å². The van der Waals surface area contributed by atoms with Crippen LogP contribution >= 0.6 is 0 Å². The number of hydrogen-bond donors (Lipinski definition) is 0. The van der Waals surface area contributed by atoms with Crippen molar-refractivity contribution in [3.05, 3.63) is 0 Å². The summed E-state index contributed by atoms with van der Waals surface area (Å²) in [5.41, 5.74) is 0. The lowest BCUT2D eigenvalue weighted by atomic mass is 9.86. The molecule has 0 heteroatoms. The molecule has 0 aromatic rings. The standard InChI is InChI=1S/C13H26/c1-6-10(4)12-7-11(5)13(8-12)9(2)3/h9-13H,6-8H2,1-5H3. The minimum Gasteiger partial charge on any atom is -0.0651 e. The normalized spacial score (nSPS) is 36.9. The van der Waals surface area contributed by atoms with Crippen molar-refractivity contribution < 1.29 is 0 Å². The summed E-state index contributed by atoms with van der Waals surface area (Å²) in [4.78, 5) is 0. The van der Waals surface area contributed by atoms with Crippen LogP contribution in [0.3, 0.4) is 0 Å². The first-order chi connectivity index (χ1) is 6.06. The Bertz CT molecular complexity index is 148. The van der Waals surface area contributed by atoms with Gasteiger partial charge in [-0.05, 0) is 42.4 Å². The highest BCUT2D eigenvalue weighted by Crippen LogP contribution is 2.44. The molecule has 0 heterocycles. The molecule has 1 fully saturated rings. The van der Waals surface area contributed by atoms with Gasteiger partial charge in [-0.25, -0.2) is 0 Å². The predicted octanol–water partition coefficient (Wildman–Crippen LogP) is 4.35. The molecule has 13 heavy (non-hydrogen) atoms. The van der Waals surface area contributed by atoms with Crippen LogP contribution < -0.4 is 0 Å². The van der Waals surface area contributed by atoms with E-state index < -0.39 is 0 Å². The lowest BCUT2D eigenvalue weighted by Crippen LogP contribution is -2.11. The van der Waals surface area contributed by atoms with Gasteiger partial charge in [0.15, 0.2) is 0 Å². The second-order valence-corrected chi connectivity index (χ2v) is 5.50. The molecule has 4 atom stereocenters. The van der Waals surface area contributed by atoms with Gasteiger partial charge in [0.1, 0.15) is 0 Å². The third-order valence-corrected chi connectivity index (χ3v) is 4.29. The molecule has 78 valence electrons. The summed E-state index contributed by atoms with van der Waals surface area (Å²) in [6.07, 6.45) is 4.34. The first-order valence-electron chi connectivity index (χ1n) is 6.06. The van der Waals surface area contributed by atoms with Crippen LogP contribution in [0.25, 0.3) is 0 Å². The second-order valence-electron chi connectivity index (χ2n) is 5.50. The van der Waals surface area contributed by atoms with Gasteiger partial charge in [-0.1, -0.05) is 41.0 Å². The molecule has 0 aromatic carbocycles. The van der Waals surface area contributed by atoms with Crippen molar-refractivity contribution in [2.24, 2.45) is 29.6 Å². The van der Waals surface area contributed by atoms with Crippen LogP contribution in [0.4, 0.5) is 0 Å². The van der Waals surface area contributed by atoms with E-state index in [1.165, 1.54) is 19.3 Å². The highest BCUT2D eigenvalue weighted by Gasteiger charge is 2.34. The van der Waals surface area contributed by atoms with E-state index in [-0.39, 0.29) is 0 Å². The zero-order chi connectivity index (χ0) is 10.0. The van der Waals surface area contributed by atoms with E-state index in [0.717, 1.165) is 29.6 Å². The molecule has 0 saturated heterocycles. The fraction of sp³-hybridized carbons (Fsp3) is 1.00. The molecule has 0 radical (unpaired) electrons. The van der Waals surface area contributed by atoms with Crippen molar-refractivity contribution in [3.63, 3.8) is 0 Å². The van der Waals surface area contributed by atoms with Crippen LogP contribution in [0.5, 0.6) is 0 Å². The number of hydrogen-bond acceptors (Lipinski definition) is 0. The first-order valence-corrected chi connectivity index (χ1v) is 6.06. The van der Waals surface area contributed by atoms with Crippen LogP contribution in [0.1, 0.15) is 53.9 Å². The van der Waals surface area contributed by atoms with E-state index in [1.54, 1.807) is 0 Å². The van der Waals surface area contributed by atoms with E-state index in [1.807, 2.05) is 0 Å². The van der Waals surface area contributed by atoms with Gasteiger partial charge in [-0.2, -0.15) is 0 Å². The zero-order valence-corrected chi connectivity index (χ0v) is 10.0. The van der Waals surface area contributed by atoms with Crippen molar-refractivity contribution in [1.29, 1.82) is 0 Å². The van der Waals surface area contributed by atoms with E-state index in [4.69, 9.17) is 0 Å². The molecule has 0 N–H and O–H groups in total. The molecule has 1 saturated carbocycles. The fourth-order valence-corrected chi connectivity index (χ4v) is 3.06. The lowest BCUT2D eigenvalue weighted by Gasteiger charge is -2.20. The first kappa shape index (κ1) is 11.1. The Hall–Kier alpha value is 0. The van der Waals surface area contributed by atoms with Gasteiger partial charge in [0, 0.05) is 0 Å². The Morgan fingerprint density at radius 1 is 1.15 bits per heavy atom. The molecule has 1 rings (SSSR count). The maximum atomic E-state index is 2.45. The van der Waals surface area contributed by atoms with Crippen LogP contribution in [0, 0.1) is 29.6 Å². The van der Waals surface area contributed by atoms with Gasteiger partial charge in [-0.15, -0.1) is 0 Å². The monoisotopic (exact) mass is 182 g/mol. The SMILES string of the molecule is CCC(C)C1CC(C)C(C(C)C)C1. The Morgan fingerprint density at radius 2 is 1.77 bits per heavy atom. The Morgan fingerprint density at radius 3 is 2.15 bits per heavy atom. The van der Waals surface area contributed by atoms with Gasteiger partial charge < -0.3 is 0 Å². The molecule has 4 unspecified atom stereocenters. The molecular weight excluding hydrogens is 156 g/mol. The third-order valence-electron chi connectivity index (χ3n) is 4.29. The fourth-order valence-electron chi connectivity index (χ4n) is 3.06. The molecule has 0 spiro atoms. The van der Waals surface area contributed by atoms with Crippen molar-refractivity contribution in [2.45, 2.75) is 53.9 Å². The smallest absolute Gasteiger partial charge is 0.0362 e. The topological polar surface area (TPSA) is 0 Å². The summed E-state index contributed by atoms with van der Waals surface area (Å²) in [6.45, 7) is 12.0. The summed E-state index contributed by atoms with van der Waals surface area (Å²) >= 11 is 0. The summed E-state index contributed by atoms with van der Waals surface area (Å²) in [7, 11) is 0. The number of rotatable bonds is 3. The Labute approximate surface area is 84.1 Å². The predicted molar refractivity (Wildman–Crippen MR) is 59.7 cm³/mol. The third kappa shape index (κ3) is 2.48. The Balaban J connectivity index is 2.49. The Kier molecular flexibility index (Phi) is 3.82. The molecule has 1 aliphatic rings. The maximum Gasteiger partial charge on any atom is -0.0362 e. The quantitative estimate of drug-likeness (QED) is 0.608. The van der Waals surface area contributed by atoms with Gasteiger partial charge in [0.25, 0.3) is 0 Å². The average Bonchev–Trinajstić information content (AvgIpc) is 2.46. The largest absolute Gasteiger partial charge is 0.0651 e. The van der Waals surface area contributed by atoms with Crippen molar-refractivity contribution in [2.75, 3.05) is 0 Å². The van der Waals surface area contributed by atoms with Crippen LogP contribution in [-0.2, 0) is 0 Å². The van der Waals surface area contributed by atoms with E-state index in [0.29, 0.717) is 0 Å². The van der Waals surface area contributed by atoms with Crippen LogP contribution in [0.15, 0.2) is 0 Å². The van der Waals surface area contributed by atoms with Gasteiger partial charge >= 0.3 is 0 Å². The minimum atomic E-state index is 0.893. The maximum absolute atomic E-state index is 2.45. The summed E-state index contributed by atoms with van der Waals surface area (Å²) in [5, 5.41) is 0. The highest BCUT2D eigenvalue weighted by atomic mass is 14.4. The minimum absolute atomic E-state index is 0.893. The van der Waals surface area contributed by atoms with E-state index in [2.05, 4.69) is 34.6 Å². The molecule has 0 aromatic heterocycles. The molecule has 0 aliphatic heterocycles. The zero-order valence-electron chi connectivity index (χ0n) is 10.0. The van der Waals surface area contributed by atoms with Crippen molar-refractivity contribution in [3.8, 4) is 0 Å². The lowest BCUT2D eigenvalue weighted by molar-refractivity contribution is 0.302. The molecule has 0 nitrogen and oxygen atoms in total. The summed E-state index contributed by atoms with van der Waals surface area (Å²) in [6, 6.07) is 0. The molecule has 0 bridgehead atoms. The second kappa shape index (κ2) is 4.48. The molecular formula is C13H26. The van der Waals surface area contributed by atoms with Crippen molar-refractivity contribution in [1.82, 2.24) is 0 Å². The van der Waals surface area contributed by atoms with Crippen LogP contribution in [-0.4, -0.2) is 0 Å².